The minimum atomic E-state index is 0.634. The molecule has 0 saturated carbocycles. The summed E-state index contributed by atoms with van der Waals surface area (Å²) in [6.45, 7) is 9.66. The van der Waals surface area contributed by atoms with Crippen LogP contribution in [0.2, 0.25) is 5.02 Å². The molecule has 0 N–H and O–H groups in total. The highest BCUT2D eigenvalue weighted by Crippen LogP contribution is 2.27. The smallest absolute Gasteiger partial charge is 0.0849 e. The van der Waals surface area contributed by atoms with Crippen LogP contribution >= 0.6 is 27.5 Å². The lowest BCUT2D eigenvalue weighted by atomic mass is 9.94. The summed E-state index contributed by atoms with van der Waals surface area (Å²) < 4.78 is 2.07. The van der Waals surface area contributed by atoms with Gasteiger partial charge in [-0.1, -0.05) is 48.3 Å². The van der Waals surface area contributed by atoms with Gasteiger partial charge in [0.25, 0.3) is 0 Å². The third kappa shape index (κ3) is 3.99. The number of aryl methyl sites for hydroxylation is 2. The van der Waals surface area contributed by atoms with Crippen LogP contribution in [0.3, 0.4) is 0 Å². The van der Waals surface area contributed by atoms with Crippen molar-refractivity contribution in [3.8, 4) is 0 Å². The topological polar surface area (TPSA) is 17.8 Å². The van der Waals surface area contributed by atoms with E-state index in [9.17, 15) is 0 Å². The molecule has 1 aromatic rings. The first-order valence-electron chi connectivity index (χ1n) is 6.83. The number of aromatic nitrogens is 2. The zero-order chi connectivity index (χ0) is 13.7. The van der Waals surface area contributed by atoms with Crippen LogP contribution in [0.1, 0.15) is 45.5 Å². The van der Waals surface area contributed by atoms with Gasteiger partial charge in [0.05, 0.1) is 16.4 Å². The van der Waals surface area contributed by atoms with Crippen LogP contribution in [0, 0.1) is 11.8 Å². The summed E-state index contributed by atoms with van der Waals surface area (Å²) in [6, 6.07) is 0. The van der Waals surface area contributed by atoms with E-state index in [2.05, 4.69) is 53.4 Å². The van der Waals surface area contributed by atoms with Gasteiger partial charge in [0.1, 0.15) is 0 Å². The summed E-state index contributed by atoms with van der Waals surface area (Å²) in [5, 5.41) is 6.49. The van der Waals surface area contributed by atoms with E-state index in [1.54, 1.807) is 0 Å². The second-order valence-electron chi connectivity index (χ2n) is 5.23. The van der Waals surface area contributed by atoms with Crippen molar-refractivity contribution in [2.24, 2.45) is 11.8 Å². The molecule has 0 aliphatic heterocycles. The van der Waals surface area contributed by atoms with Crippen LogP contribution < -0.4 is 0 Å². The fourth-order valence-corrected chi connectivity index (χ4v) is 3.19. The van der Waals surface area contributed by atoms with E-state index in [1.165, 1.54) is 12.1 Å². The molecule has 0 bridgehead atoms. The Bertz CT molecular complexity index is 374. The Hall–Kier alpha value is -0.0200. The fourth-order valence-electron chi connectivity index (χ4n) is 2.35. The number of hydrogen-bond donors (Lipinski definition) is 0. The average molecular weight is 336 g/mol. The molecular formula is C14H24BrClN2. The van der Waals surface area contributed by atoms with E-state index in [4.69, 9.17) is 11.6 Å². The van der Waals surface area contributed by atoms with Gasteiger partial charge >= 0.3 is 0 Å². The molecular weight excluding hydrogens is 312 g/mol. The van der Waals surface area contributed by atoms with Crippen LogP contribution in [0.25, 0.3) is 0 Å². The highest BCUT2D eigenvalue weighted by atomic mass is 79.9. The predicted octanol–water partition coefficient (Wildman–Crippen LogP) is 4.72. The van der Waals surface area contributed by atoms with Crippen molar-refractivity contribution < 1.29 is 0 Å². The third-order valence-corrected chi connectivity index (χ3v) is 4.55. The average Bonchev–Trinajstić information content (AvgIpc) is 2.64. The quantitative estimate of drug-likeness (QED) is 0.659. The number of alkyl halides is 1. The molecule has 2 nitrogen and oxygen atoms in total. The predicted molar refractivity (Wildman–Crippen MR) is 82.7 cm³/mol. The molecule has 0 radical (unpaired) electrons. The highest BCUT2D eigenvalue weighted by molar-refractivity contribution is 9.09. The lowest BCUT2D eigenvalue weighted by Crippen LogP contribution is -2.13. The molecule has 1 atom stereocenters. The number of rotatable bonds is 7. The van der Waals surface area contributed by atoms with Crippen molar-refractivity contribution in [1.82, 2.24) is 9.78 Å². The van der Waals surface area contributed by atoms with Gasteiger partial charge in [-0.25, -0.2) is 0 Å². The summed E-state index contributed by atoms with van der Waals surface area (Å²) >= 11 is 10.1. The van der Waals surface area contributed by atoms with Crippen molar-refractivity contribution in [3.63, 3.8) is 0 Å². The molecule has 1 rings (SSSR count). The van der Waals surface area contributed by atoms with Gasteiger partial charge in [-0.2, -0.15) is 5.10 Å². The van der Waals surface area contributed by atoms with Gasteiger partial charge in [0, 0.05) is 11.9 Å². The number of halogens is 2. The van der Waals surface area contributed by atoms with E-state index < -0.39 is 0 Å². The van der Waals surface area contributed by atoms with Gasteiger partial charge in [-0.05, 0) is 38.0 Å². The standard InChI is InChI=1S/C14H24BrClN2/c1-5-12-14(16)13(18(6-2)17-12)8-11(9-15)7-10(3)4/h10-11H,5-9H2,1-4H3. The summed E-state index contributed by atoms with van der Waals surface area (Å²) in [5.74, 6) is 1.35. The van der Waals surface area contributed by atoms with Crippen LogP contribution in [0.4, 0.5) is 0 Å². The Labute approximate surface area is 124 Å². The molecule has 0 aliphatic rings. The molecule has 0 fully saturated rings. The molecule has 1 heterocycles. The fraction of sp³-hybridized carbons (Fsp3) is 0.786. The van der Waals surface area contributed by atoms with Crippen LogP contribution in [-0.4, -0.2) is 15.1 Å². The Morgan fingerprint density at radius 3 is 2.44 bits per heavy atom. The van der Waals surface area contributed by atoms with Crippen molar-refractivity contribution in [2.45, 2.75) is 53.5 Å². The van der Waals surface area contributed by atoms with E-state index >= 15 is 0 Å². The summed E-state index contributed by atoms with van der Waals surface area (Å²) in [6.07, 6.45) is 3.14. The molecule has 1 unspecified atom stereocenters. The first kappa shape index (κ1) is 16.0. The first-order valence-corrected chi connectivity index (χ1v) is 8.33. The largest absolute Gasteiger partial charge is 0.268 e. The van der Waals surface area contributed by atoms with Crippen LogP contribution in [0.15, 0.2) is 0 Å². The lowest BCUT2D eigenvalue weighted by molar-refractivity contribution is 0.432. The first-order chi connectivity index (χ1) is 8.53. The maximum atomic E-state index is 6.45. The second-order valence-corrected chi connectivity index (χ2v) is 6.26. The van der Waals surface area contributed by atoms with Crippen molar-refractivity contribution in [3.05, 3.63) is 16.4 Å². The van der Waals surface area contributed by atoms with E-state index in [0.29, 0.717) is 5.92 Å². The number of nitrogens with zero attached hydrogens (tertiary/aromatic N) is 2. The zero-order valence-corrected chi connectivity index (χ0v) is 14.2. The zero-order valence-electron chi connectivity index (χ0n) is 11.8. The Balaban J connectivity index is 2.90. The third-order valence-electron chi connectivity index (χ3n) is 3.20. The van der Waals surface area contributed by atoms with Gasteiger partial charge in [0.2, 0.25) is 0 Å². The molecule has 18 heavy (non-hydrogen) atoms. The van der Waals surface area contributed by atoms with Crippen molar-refractivity contribution in [1.29, 1.82) is 0 Å². The summed E-state index contributed by atoms with van der Waals surface area (Å²) in [7, 11) is 0. The number of hydrogen-bond acceptors (Lipinski definition) is 1. The molecule has 0 aromatic carbocycles. The monoisotopic (exact) mass is 334 g/mol. The van der Waals surface area contributed by atoms with Crippen LogP contribution in [-0.2, 0) is 19.4 Å². The minimum absolute atomic E-state index is 0.634. The van der Waals surface area contributed by atoms with Gasteiger partial charge < -0.3 is 0 Å². The van der Waals surface area contributed by atoms with Crippen molar-refractivity contribution in [2.75, 3.05) is 5.33 Å². The molecule has 104 valence electrons. The maximum absolute atomic E-state index is 6.45. The van der Waals surface area contributed by atoms with Gasteiger partial charge in [-0.15, -0.1) is 0 Å². The summed E-state index contributed by atoms with van der Waals surface area (Å²) in [4.78, 5) is 0. The molecule has 0 saturated heterocycles. The molecule has 1 aromatic heterocycles. The maximum Gasteiger partial charge on any atom is 0.0849 e. The van der Waals surface area contributed by atoms with Gasteiger partial charge in [0.15, 0.2) is 0 Å². The van der Waals surface area contributed by atoms with E-state index in [1.807, 2.05) is 0 Å². The Morgan fingerprint density at radius 2 is 2.00 bits per heavy atom. The highest BCUT2D eigenvalue weighted by Gasteiger charge is 2.19. The lowest BCUT2D eigenvalue weighted by Gasteiger charge is -2.17. The van der Waals surface area contributed by atoms with Crippen LogP contribution in [0.5, 0.6) is 0 Å². The molecule has 0 spiro atoms. The molecule has 0 amide bonds. The molecule has 0 aliphatic carbocycles. The van der Waals surface area contributed by atoms with Gasteiger partial charge in [-0.3, -0.25) is 4.68 Å². The Kier molecular flexibility index (Phi) is 6.72. The van der Waals surface area contributed by atoms with Crippen molar-refractivity contribution >= 4 is 27.5 Å². The minimum Gasteiger partial charge on any atom is -0.268 e. The SMILES string of the molecule is CCc1nn(CC)c(CC(CBr)CC(C)C)c1Cl. The van der Waals surface area contributed by atoms with E-state index in [-0.39, 0.29) is 0 Å². The second kappa shape index (κ2) is 7.54. The van der Waals surface area contributed by atoms with E-state index in [0.717, 1.165) is 41.4 Å². The summed E-state index contributed by atoms with van der Waals surface area (Å²) in [5.41, 5.74) is 2.24. The normalized spacial score (nSPS) is 13.3. The molecule has 4 heteroatoms. The Morgan fingerprint density at radius 1 is 1.33 bits per heavy atom.